The number of hydrogen-bond acceptors (Lipinski definition) is 6. The quantitative estimate of drug-likeness (QED) is 0.733. The molecular weight excluding hydrogens is 276 g/mol. The van der Waals surface area contributed by atoms with Crippen molar-refractivity contribution in [2.45, 2.75) is 90.6 Å². The number of rotatable bonds is 7. The van der Waals surface area contributed by atoms with Crippen molar-refractivity contribution in [3.63, 3.8) is 0 Å². The second-order valence-electron chi connectivity index (χ2n) is 6.24. The zero-order valence-corrected chi connectivity index (χ0v) is 13.9. The second kappa shape index (κ2) is 8.41. The Kier molecular flexibility index (Phi) is 7.53. The molecule has 0 aromatic heterocycles. The van der Waals surface area contributed by atoms with Crippen LogP contribution in [0.4, 0.5) is 0 Å². The van der Waals surface area contributed by atoms with Gasteiger partial charge in [0.25, 0.3) is 0 Å². The molecule has 5 atom stereocenters. The maximum atomic E-state index is 10.5. The number of hydrogen-bond donors (Lipinski definition) is 2. The summed E-state index contributed by atoms with van der Waals surface area (Å²) in [6.45, 7) is 11.5. The first kappa shape index (κ1) is 18.8. The minimum atomic E-state index is -1.15. The van der Waals surface area contributed by atoms with Gasteiger partial charge in [-0.1, -0.05) is 0 Å². The molecule has 0 aromatic carbocycles. The topological polar surface area (TPSA) is 77.4 Å². The van der Waals surface area contributed by atoms with Gasteiger partial charge in [0.15, 0.2) is 6.29 Å². The first-order chi connectivity index (χ1) is 9.72. The molecule has 1 heterocycles. The lowest BCUT2D eigenvalue weighted by molar-refractivity contribution is -0.315. The van der Waals surface area contributed by atoms with Gasteiger partial charge in [-0.2, -0.15) is 0 Å². The van der Waals surface area contributed by atoms with E-state index in [1.54, 1.807) is 0 Å². The van der Waals surface area contributed by atoms with Crippen LogP contribution in [0.3, 0.4) is 0 Å². The summed E-state index contributed by atoms with van der Waals surface area (Å²) in [5.74, 6) is 0. The molecule has 0 amide bonds. The van der Waals surface area contributed by atoms with Crippen molar-refractivity contribution < 1.29 is 29.2 Å². The molecule has 6 nitrogen and oxygen atoms in total. The van der Waals surface area contributed by atoms with Crippen LogP contribution in [0.1, 0.15) is 41.5 Å². The molecule has 0 aliphatic carbocycles. The summed E-state index contributed by atoms with van der Waals surface area (Å²) >= 11 is 0. The average molecular weight is 306 g/mol. The Hall–Kier alpha value is -0.240. The third-order valence-corrected chi connectivity index (χ3v) is 3.09. The fourth-order valence-corrected chi connectivity index (χ4v) is 2.26. The van der Waals surface area contributed by atoms with Crippen LogP contribution < -0.4 is 0 Å². The van der Waals surface area contributed by atoms with Crippen molar-refractivity contribution >= 4 is 0 Å². The lowest BCUT2D eigenvalue weighted by Gasteiger charge is -2.43. The molecule has 0 aromatic rings. The monoisotopic (exact) mass is 306 g/mol. The summed E-state index contributed by atoms with van der Waals surface area (Å²) < 4.78 is 22.3. The highest BCUT2D eigenvalue weighted by molar-refractivity contribution is 4.91. The van der Waals surface area contributed by atoms with Gasteiger partial charge in [0.05, 0.1) is 24.9 Å². The zero-order chi connectivity index (χ0) is 16.2. The standard InChI is InChI=1S/C15H30O6/c1-8(2)18-7-11-12(16)13(19-9(3)4)14(15(17)21-11)20-10(5)6/h8-17H,7H2,1-6H3. The smallest absolute Gasteiger partial charge is 0.184 e. The van der Waals surface area contributed by atoms with Crippen LogP contribution in [0.2, 0.25) is 0 Å². The predicted octanol–water partition coefficient (Wildman–Crippen LogP) is 1.08. The first-order valence-corrected chi connectivity index (χ1v) is 7.66. The van der Waals surface area contributed by atoms with Crippen LogP contribution >= 0.6 is 0 Å². The zero-order valence-electron chi connectivity index (χ0n) is 13.9. The van der Waals surface area contributed by atoms with Gasteiger partial charge in [0.2, 0.25) is 0 Å². The van der Waals surface area contributed by atoms with Crippen LogP contribution in [0.25, 0.3) is 0 Å². The van der Waals surface area contributed by atoms with Crippen molar-refractivity contribution in [1.82, 2.24) is 0 Å². The van der Waals surface area contributed by atoms with E-state index in [0.29, 0.717) is 0 Å². The summed E-state index contributed by atoms with van der Waals surface area (Å²) in [6, 6.07) is 0. The first-order valence-electron chi connectivity index (χ1n) is 7.66. The summed E-state index contributed by atoms with van der Waals surface area (Å²) in [5, 5.41) is 20.6. The van der Waals surface area contributed by atoms with Gasteiger partial charge in [-0.3, -0.25) is 0 Å². The molecule has 0 bridgehead atoms. The summed E-state index contributed by atoms with van der Waals surface area (Å²) in [6.07, 6.45) is -4.28. The average Bonchev–Trinajstić information content (AvgIpc) is 2.35. The van der Waals surface area contributed by atoms with Crippen molar-refractivity contribution in [3.8, 4) is 0 Å². The third kappa shape index (κ3) is 5.81. The molecule has 1 saturated heterocycles. The molecule has 1 aliphatic rings. The van der Waals surface area contributed by atoms with Crippen molar-refractivity contribution in [2.75, 3.05) is 6.61 Å². The Morgan fingerprint density at radius 3 is 1.86 bits per heavy atom. The minimum absolute atomic E-state index is 0.0204. The van der Waals surface area contributed by atoms with Crippen molar-refractivity contribution in [2.24, 2.45) is 0 Å². The molecule has 6 heteroatoms. The second-order valence-corrected chi connectivity index (χ2v) is 6.24. The van der Waals surface area contributed by atoms with E-state index in [1.165, 1.54) is 0 Å². The fraction of sp³-hybridized carbons (Fsp3) is 1.00. The molecule has 1 aliphatic heterocycles. The highest BCUT2D eigenvalue weighted by atomic mass is 16.7. The van der Waals surface area contributed by atoms with E-state index in [4.69, 9.17) is 18.9 Å². The molecule has 0 radical (unpaired) electrons. The van der Waals surface area contributed by atoms with Crippen molar-refractivity contribution in [3.05, 3.63) is 0 Å². The van der Waals surface area contributed by atoms with Crippen LogP contribution in [-0.2, 0) is 18.9 Å². The number of ether oxygens (including phenoxy) is 4. The van der Waals surface area contributed by atoms with Gasteiger partial charge in [-0.05, 0) is 41.5 Å². The lowest BCUT2D eigenvalue weighted by atomic mass is 9.98. The predicted molar refractivity (Wildman–Crippen MR) is 78.0 cm³/mol. The van der Waals surface area contributed by atoms with Gasteiger partial charge in [-0.25, -0.2) is 0 Å². The molecule has 1 rings (SSSR count). The Morgan fingerprint density at radius 1 is 0.857 bits per heavy atom. The number of aliphatic hydroxyl groups excluding tert-OH is 2. The van der Waals surface area contributed by atoms with E-state index in [1.807, 2.05) is 41.5 Å². The molecule has 126 valence electrons. The van der Waals surface area contributed by atoms with E-state index in [2.05, 4.69) is 0 Å². The van der Waals surface area contributed by atoms with Crippen LogP contribution in [0.5, 0.6) is 0 Å². The minimum Gasteiger partial charge on any atom is -0.387 e. The van der Waals surface area contributed by atoms with E-state index in [0.717, 1.165) is 0 Å². The van der Waals surface area contributed by atoms with E-state index in [9.17, 15) is 10.2 Å². The molecule has 0 spiro atoms. The maximum Gasteiger partial charge on any atom is 0.184 e. The van der Waals surface area contributed by atoms with E-state index < -0.39 is 30.7 Å². The third-order valence-electron chi connectivity index (χ3n) is 3.09. The Morgan fingerprint density at radius 2 is 1.38 bits per heavy atom. The summed E-state index contributed by atoms with van der Waals surface area (Å²) in [7, 11) is 0. The SMILES string of the molecule is CC(C)OCC1OC(O)C(OC(C)C)C(OC(C)C)C1O. The van der Waals surface area contributed by atoms with Crippen molar-refractivity contribution in [1.29, 1.82) is 0 Å². The van der Waals surface area contributed by atoms with Gasteiger partial charge in [0.1, 0.15) is 24.4 Å². The normalized spacial score (nSPS) is 34.1. The largest absolute Gasteiger partial charge is 0.387 e. The Bertz CT molecular complexity index is 294. The van der Waals surface area contributed by atoms with E-state index in [-0.39, 0.29) is 24.9 Å². The molecule has 5 unspecified atom stereocenters. The Balaban J connectivity index is 2.79. The maximum absolute atomic E-state index is 10.5. The molecular formula is C15H30O6. The van der Waals surface area contributed by atoms with Crippen LogP contribution in [0, 0.1) is 0 Å². The lowest BCUT2D eigenvalue weighted by Crippen LogP contribution is -2.61. The van der Waals surface area contributed by atoms with Crippen LogP contribution in [0.15, 0.2) is 0 Å². The van der Waals surface area contributed by atoms with Gasteiger partial charge >= 0.3 is 0 Å². The van der Waals surface area contributed by atoms with Gasteiger partial charge in [0, 0.05) is 0 Å². The van der Waals surface area contributed by atoms with Crippen LogP contribution in [-0.4, -0.2) is 65.8 Å². The summed E-state index contributed by atoms with van der Waals surface area (Å²) in [4.78, 5) is 0. The molecule has 1 fully saturated rings. The Labute approximate surface area is 127 Å². The fourth-order valence-electron chi connectivity index (χ4n) is 2.26. The van der Waals surface area contributed by atoms with E-state index >= 15 is 0 Å². The highest BCUT2D eigenvalue weighted by Crippen LogP contribution is 2.27. The van der Waals surface area contributed by atoms with Gasteiger partial charge < -0.3 is 29.2 Å². The van der Waals surface area contributed by atoms with Gasteiger partial charge in [-0.15, -0.1) is 0 Å². The molecule has 2 N–H and O–H groups in total. The number of aliphatic hydroxyl groups is 2. The summed E-state index contributed by atoms with van der Waals surface area (Å²) in [5.41, 5.74) is 0. The molecule has 21 heavy (non-hydrogen) atoms. The molecule has 0 saturated carbocycles. The highest BCUT2D eigenvalue weighted by Gasteiger charge is 2.47.